The minimum atomic E-state index is 0.208. The zero-order valence-corrected chi connectivity index (χ0v) is 12.9. The lowest BCUT2D eigenvalue weighted by atomic mass is 9.93. The number of aryl methyl sites for hydroxylation is 3. The quantitative estimate of drug-likeness (QED) is 0.860. The topological polar surface area (TPSA) is 29.1 Å². The van der Waals surface area contributed by atoms with Crippen LogP contribution in [-0.2, 0) is 12.8 Å². The van der Waals surface area contributed by atoms with Crippen molar-refractivity contribution in [3.05, 3.63) is 63.7 Å². The highest BCUT2D eigenvalue weighted by Crippen LogP contribution is 2.24. The van der Waals surface area contributed by atoms with Crippen LogP contribution in [0, 0.1) is 20.8 Å². The van der Waals surface area contributed by atoms with Crippen molar-refractivity contribution in [2.45, 2.75) is 33.6 Å². The normalized spacial score (nSPS) is 12.9. The first-order valence-electron chi connectivity index (χ1n) is 7.51. The molecule has 0 atom stereocenters. The molecule has 2 nitrogen and oxygen atoms in total. The van der Waals surface area contributed by atoms with Crippen molar-refractivity contribution in [2.24, 2.45) is 0 Å². The summed E-state index contributed by atoms with van der Waals surface area (Å²) in [6.45, 7) is 7.26. The molecule has 21 heavy (non-hydrogen) atoms. The van der Waals surface area contributed by atoms with Gasteiger partial charge in [0.2, 0.25) is 0 Å². The molecule has 1 heterocycles. The minimum Gasteiger partial charge on any atom is -0.384 e. The number of hydrogen-bond donors (Lipinski definition) is 1. The number of rotatable bonds is 3. The van der Waals surface area contributed by atoms with Crippen molar-refractivity contribution >= 4 is 11.5 Å². The number of carbonyl (C=O) groups excluding carboxylic acids is 1. The molecule has 0 bridgehead atoms. The Kier molecular flexibility index (Phi) is 3.54. The molecule has 1 N–H and O–H groups in total. The van der Waals surface area contributed by atoms with E-state index < -0.39 is 0 Å². The molecule has 0 radical (unpaired) electrons. The van der Waals surface area contributed by atoms with E-state index in [-0.39, 0.29) is 5.78 Å². The lowest BCUT2D eigenvalue weighted by Crippen LogP contribution is -2.07. The largest absolute Gasteiger partial charge is 0.384 e. The number of anilines is 1. The summed E-state index contributed by atoms with van der Waals surface area (Å²) in [6.07, 6.45) is 1.50. The average molecular weight is 279 g/mol. The summed E-state index contributed by atoms with van der Waals surface area (Å²) >= 11 is 0. The third-order valence-electron chi connectivity index (χ3n) is 4.31. The van der Waals surface area contributed by atoms with E-state index in [1.165, 1.54) is 33.5 Å². The maximum absolute atomic E-state index is 12.6. The predicted molar refractivity (Wildman–Crippen MR) is 87.3 cm³/mol. The molecule has 108 valence electrons. The van der Waals surface area contributed by atoms with E-state index >= 15 is 0 Å². The molecule has 0 aliphatic carbocycles. The number of benzene rings is 2. The Hall–Kier alpha value is -2.09. The molecule has 0 fully saturated rings. The first-order chi connectivity index (χ1) is 10.0. The number of ketones is 1. The molecular weight excluding hydrogens is 258 g/mol. The van der Waals surface area contributed by atoms with Gasteiger partial charge in [0.1, 0.15) is 0 Å². The molecule has 3 rings (SSSR count). The molecular formula is C19H21NO. The van der Waals surface area contributed by atoms with Crippen molar-refractivity contribution in [3.8, 4) is 0 Å². The molecule has 0 aromatic heterocycles. The highest BCUT2D eigenvalue weighted by Gasteiger charge is 2.15. The van der Waals surface area contributed by atoms with Gasteiger partial charge in [-0.3, -0.25) is 4.79 Å². The first kappa shape index (κ1) is 13.9. The van der Waals surface area contributed by atoms with Crippen LogP contribution < -0.4 is 5.32 Å². The first-order valence-corrected chi connectivity index (χ1v) is 7.51. The Bertz CT molecular complexity index is 692. The second-order valence-corrected chi connectivity index (χ2v) is 6.03. The Morgan fingerprint density at radius 2 is 1.81 bits per heavy atom. The Labute approximate surface area is 126 Å². The zero-order valence-electron chi connectivity index (χ0n) is 12.9. The molecule has 0 unspecified atom stereocenters. The maximum atomic E-state index is 12.6. The van der Waals surface area contributed by atoms with Crippen LogP contribution in [0.15, 0.2) is 30.3 Å². The summed E-state index contributed by atoms with van der Waals surface area (Å²) in [4.78, 5) is 12.6. The van der Waals surface area contributed by atoms with Gasteiger partial charge in [-0.1, -0.05) is 17.7 Å². The fraction of sp³-hybridized carbons (Fsp3) is 0.316. The van der Waals surface area contributed by atoms with E-state index in [0.29, 0.717) is 6.42 Å². The average Bonchev–Trinajstić information content (AvgIpc) is 2.89. The number of hydrogen-bond acceptors (Lipinski definition) is 2. The summed E-state index contributed by atoms with van der Waals surface area (Å²) < 4.78 is 0. The molecule has 1 aliphatic heterocycles. The predicted octanol–water partition coefficient (Wildman–Crippen LogP) is 4.01. The van der Waals surface area contributed by atoms with Crippen LogP contribution in [0.4, 0.5) is 5.69 Å². The van der Waals surface area contributed by atoms with Crippen molar-refractivity contribution in [2.75, 3.05) is 11.9 Å². The van der Waals surface area contributed by atoms with Gasteiger partial charge in [0, 0.05) is 24.2 Å². The molecule has 1 aliphatic rings. The molecule has 2 aromatic carbocycles. The fourth-order valence-corrected chi connectivity index (χ4v) is 3.23. The SMILES string of the molecule is Cc1cc(C)c(CC(=O)c2ccc3c(c2)CCN3)c(C)c1. The van der Waals surface area contributed by atoms with Gasteiger partial charge in [-0.05, 0) is 67.6 Å². The fourth-order valence-electron chi connectivity index (χ4n) is 3.23. The second-order valence-electron chi connectivity index (χ2n) is 6.03. The van der Waals surface area contributed by atoms with Crippen LogP contribution in [0.2, 0.25) is 0 Å². The Morgan fingerprint density at radius 1 is 1.10 bits per heavy atom. The van der Waals surface area contributed by atoms with Crippen LogP contribution in [-0.4, -0.2) is 12.3 Å². The van der Waals surface area contributed by atoms with E-state index in [1.54, 1.807) is 0 Å². The highest BCUT2D eigenvalue weighted by molar-refractivity contribution is 5.98. The number of carbonyl (C=O) groups is 1. The molecule has 2 aromatic rings. The number of fused-ring (bicyclic) bond motifs is 1. The monoisotopic (exact) mass is 279 g/mol. The Morgan fingerprint density at radius 3 is 2.52 bits per heavy atom. The maximum Gasteiger partial charge on any atom is 0.167 e. The van der Waals surface area contributed by atoms with Crippen molar-refractivity contribution in [1.29, 1.82) is 0 Å². The third kappa shape index (κ3) is 2.71. The molecule has 0 saturated carbocycles. The van der Waals surface area contributed by atoms with E-state index in [0.717, 1.165) is 18.5 Å². The van der Waals surface area contributed by atoms with Crippen molar-refractivity contribution < 1.29 is 4.79 Å². The Balaban J connectivity index is 1.87. The lowest BCUT2D eigenvalue weighted by molar-refractivity contribution is 0.0992. The van der Waals surface area contributed by atoms with Gasteiger partial charge in [-0.15, -0.1) is 0 Å². The van der Waals surface area contributed by atoms with Gasteiger partial charge in [0.25, 0.3) is 0 Å². The van der Waals surface area contributed by atoms with Crippen molar-refractivity contribution in [1.82, 2.24) is 0 Å². The summed E-state index contributed by atoms with van der Waals surface area (Å²) in [6, 6.07) is 10.3. The summed E-state index contributed by atoms with van der Waals surface area (Å²) in [5.74, 6) is 0.208. The van der Waals surface area contributed by atoms with Gasteiger partial charge in [0.15, 0.2) is 5.78 Å². The standard InChI is InChI=1S/C19H21NO/c1-12-8-13(2)17(14(3)9-12)11-19(21)16-4-5-18-15(10-16)6-7-20-18/h4-5,8-10,20H,6-7,11H2,1-3H3. The van der Waals surface area contributed by atoms with Crippen LogP contribution in [0.5, 0.6) is 0 Å². The lowest BCUT2D eigenvalue weighted by Gasteiger charge is -2.11. The van der Waals surface area contributed by atoms with E-state index in [1.807, 2.05) is 12.1 Å². The van der Waals surface area contributed by atoms with E-state index in [2.05, 4.69) is 44.3 Å². The number of Topliss-reactive ketones (excluding diaryl/α,β-unsaturated/α-hetero) is 1. The molecule has 0 amide bonds. The van der Waals surface area contributed by atoms with E-state index in [9.17, 15) is 4.79 Å². The van der Waals surface area contributed by atoms with Crippen molar-refractivity contribution in [3.63, 3.8) is 0 Å². The molecule has 2 heteroatoms. The summed E-state index contributed by atoms with van der Waals surface area (Å²) in [5.41, 5.74) is 8.12. The summed E-state index contributed by atoms with van der Waals surface area (Å²) in [7, 11) is 0. The van der Waals surface area contributed by atoms with Gasteiger partial charge in [-0.2, -0.15) is 0 Å². The minimum absolute atomic E-state index is 0.208. The molecule has 0 spiro atoms. The van der Waals surface area contributed by atoms with Crippen LogP contribution >= 0.6 is 0 Å². The third-order valence-corrected chi connectivity index (χ3v) is 4.31. The summed E-state index contributed by atoms with van der Waals surface area (Å²) in [5, 5.41) is 3.33. The van der Waals surface area contributed by atoms with Crippen LogP contribution in [0.1, 0.15) is 38.2 Å². The van der Waals surface area contributed by atoms with Gasteiger partial charge < -0.3 is 5.32 Å². The van der Waals surface area contributed by atoms with Gasteiger partial charge >= 0.3 is 0 Å². The smallest absolute Gasteiger partial charge is 0.167 e. The zero-order chi connectivity index (χ0) is 15.0. The highest BCUT2D eigenvalue weighted by atomic mass is 16.1. The van der Waals surface area contributed by atoms with Gasteiger partial charge in [-0.25, -0.2) is 0 Å². The second kappa shape index (κ2) is 5.36. The van der Waals surface area contributed by atoms with E-state index in [4.69, 9.17) is 0 Å². The van der Waals surface area contributed by atoms with Gasteiger partial charge in [0.05, 0.1) is 0 Å². The number of nitrogens with one attached hydrogen (secondary N) is 1. The van der Waals surface area contributed by atoms with Crippen LogP contribution in [0.25, 0.3) is 0 Å². The van der Waals surface area contributed by atoms with Crippen LogP contribution in [0.3, 0.4) is 0 Å². The molecule has 0 saturated heterocycles.